The minimum atomic E-state index is -3.88. The number of anilines is 1. The minimum Gasteiger partial charge on any atom is -0.495 e. The fraction of sp³-hybridized carbons (Fsp3) is 0.296. The summed E-state index contributed by atoms with van der Waals surface area (Å²) in [6.45, 7) is 4.62. The van der Waals surface area contributed by atoms with Crippen molar-refractivity contribution in [2.75, 3.05) is 32.0 Å². The van der Waals surface area contributed by atoms with Gasteiger partial charge in [-0.3, -0.25) is 9.52 Å². The quantitative estimate of drug-likeness (QED) is 0.492. The van der Waals surface area contributed by atoms with Crippen molar-refractivity contribution in [3.8, 4) is 11.5 Å². The molecule has 190 valence electrons. The van der Waals surface area contributed by atoms with Crippen LogP contribution in [0.15, 0.2) is 71.6 Å². The van der Waals surface area contributed by atoms with E-state index < -0.39 is 16.1 Å². The fourth-order valence-corrected chi connectivity index (χ4v) is 5.47. The summed E-state index contributed by atoms with van der Waals surface area (Å²) in [5.41, 5.74) is 2.94. The summed E-state index contributed by atoms with van der Waals surface area (Å²) >= 11 is 0. The lowest BCUT2D eigenvalue weighted by Gasteiger charge is -2.19. The van der Waals surface area contributed by atoms with Crippen molar-refractivity contribution in [2.45, 2.75) is 31.0 Å². The average molecular weight is 511 g/mol. The molecule has 1 aliphatic heterocycles. The van der Waals surface area contributed by atoms with Gasteiger partial charge in [-0.05, 0) is 49.7 Å². The molecule has 8 nitrogen and oxygen atoms in total. The summed E-state index contributed by atoms with van der Waals surface area (Å²) in [6, 6.07) is 18.9. The zero-order chi connectivity index (χ0) is 25.9. The van der Waals surface area contributed by atoms with E-state index in [2.05, 4.69) is 4.72 Å². The van der Waals surface area contributed by atoms with Crippen molar-refractivity contribution in [3.63, 3.8) is 0 Å². The highest BCUT2D eigenvalue weighted by Gasteiger charge is 2.37. The van der Waals surface area contributed by atoms with Gasteiger partial charge in [-0.2, -0.15) is 0 Å². The molecule has 1 saturated heterocycles. The molecule has 3 aromatic rings. The SMILES string of the molecule is COc1ccccc1S(=O)(=O)Nc1cccc(O[C@@H]2CN(C(=O)c3cc(C)ccc3C)C[C@H]2OC)c1. The Labute approximate surface area is 211 Å². The van der Waals surface area contributed by atoms with Crippen LogP contribution in [0.4, 0.5) is 5.69 Å². The number of likely N-dealkylation sites (tertiary alicyclic amines) is 1. The van der Waals surface area contributed by atoms with Gasteiger partial charge in [-0.25, -0.2) is 8.42 Å². The van der Waals surface area contributed by atoms with Crippen LogP contribution < -0.4 is 14.2 Å². The van der Waals surface area contributed by atoms with Crippen LogP contribution in [0.25, 0.3) is 0 Å². The molecule has 0 bridgehead atoms. The Balaban J connectivity index is 1.49. The number of nitrogens with one attached hydrogen (secondary N) is 1. The second-order valence-corrected chi connectivity index (χ2v) is 10.4. The summed E-state index contributed by atoms with van der Waals surface area (Å²) in [5.74, 6) is 0.644. The second kappa shape index (κ2) is 10.6. The number of aryl methyl sites for hydroxylation is 2. The smallest absolute Gasteiger partial charge is 0.265 e. The van der Waals surface area contributed by atoms with Crippen molar-refractivity contribution in [1.82, 2.24) is 4.90 Å². The Kier molecular flexibility index (Phi) is 7.51. The number of methoxy groups -OCH3 is 2. The third kappa shape index (κ3) is 5.47. The Hall–Kier alpha value is -3.56. The maximum Gasteiger partial charge on any atom is 0.265 e. The van der Waals surface area contributed by atoms with Crippen LogP contribution in [0.1, 0.15) is 21.5 Å². The fourth-order valence-electron chi connectivity index (χ4n) is 4.24. The largest absolute Gasteiger partial charge is 0.495 e. The Morgan fingerprint density at radius 1 is 0.944 bits per heavy atom. The molecule has 0 saturated carbocycles. The van der Waals surface area contributed by atoms with Gasteiger partial charge in [-0.15, -0.1) is 0 Å². The van der Waals surface area contributed by atoms with Crippen molar-refractivity contribution in [3.05, 3.63) is 83.4 Å². The van der Waals surface area contributed by atoms with E-state index in [4.69, 9.17) is 14.2 Å². The average Bonchev–Trinajstić information content (AvgIpc) is 3.27. The summed E-state index contributed by atoms with van der Waals surface area (Å²) in [5, 5.41) is 0. The molecule has 1 heterocycles. The van der Waals surface area contributed by atoms with E-state index in [9.17, 15) is 13.2 Å². The number of rotatable bonds is 8. The summed E-state index contributed by atoms with van der Waals surface area (Å²) in [7, 11) is -0.872. The topological polar surface area (TPSA) is 94.2 Å². The number of carbonyl (C=O) groups excluding carboxylic acids is 1. The van der Waals surface area contributed by atoms with E-state index in [1.54, 1.807) is 54.5 Å². The van der Waals surface area contributed by atoms with Gasteiger partial charge in [0.1, 0.15) is 28.6 Å². The number of hydrogen-bond donors (Lipinski definition) is 1. The number of amides is 1. The van der Waals surface area contributed by atoms with Crippen LogP contribution in [0, 0.1) is 13.8 Å². The van der Waals surface area contributed by atoms with Crippen LogP contribution in [0.2, 0.25) is 0 Å². The lowest BCUT2D eigenvalue weighted by atomic mass is 10.0. The maximum absolute atomic E-state index is 13.2. The molecule has 4 rings (SSSR count). The number of hydrogen-bond acceptors (Lipinski definition) is 6. The van der Waals surface area contributed by atoms with E-state index in [1.165, 1.54) is 13.2 Å². The lowest BCUT2D eigenvalue weighted by Crippen LogP contribution is -2.32. The van der Waals surface area contributed by atoms with Gasteiger partial charge in [0.25, 0.3) is 15.9 Å². The molecule has 1 fully saturated rings. The van der Waals surface area contributed by atoms with Crippen molar-refractivity contribution < 1.29 is 27.4 Å². The number of para-hydroxylation sites is 1. The predicted molar refractivity (Wildman–Crippen MR) is 137 cm³/mol. The van der Waals surface area contributed by atoms with E-state index in [0.29, 0.717) is 30.1 Å². The first-order valence-corrected chi connectivity index (χ1v) is 13.0. The first-order chi connectivity index (χ1) is 17.2. The van der Waals surface area contributed by atoms with Crippen molar-refractivity contribution in [2.24, 2.45) is 0 Å². The van der Waals surface area contributed by atoms with Gasteiger partial charge in [0, 0.05) is 18.7 Å². The molecule has 3 aromatic carbocycles. The molecular formula is C27H30N2O6S. The Morgan fingerprint density at radius 2 is 1.69 bits per heavy atom. The second-order valence-electron chi connectivity index (χ2n) is 8.74. The molecule has 1 N–H and O–H groups in total. The molecular weight excluding hydrogens is 480 g/mol. The molecule has 0 spiro atoms. The summed E-state index contributed by atoms with van der Waals surface area (Å²) < 4.78 is 45.4. The molecule has 1 aliphatic rings. The third-order valence-electron chi connectivity index (χ3n) is 6.16. The van der Waals surface area contributed by atoms with Gasteiger partial charge < -0.3 is 19.1 Å². The number of carbonyl (C=O) groups is 1. The Bertz CT molecular complexity index is 1360. The molecule has 9 heteroatoms. The van der Waals surface area contributed by atoms with Crippen LogP contribution in [0.3, 0.4) is 0 Å². The Morgan fingerprint density at radius 3 is 2.44 bits per heavy atom. The van der Waals surface area contributed by atoms with Gasteiger partial charge in [-0.1, -0.05) is 35.9 Å². The molecule has 36 heavy (non-hydrogen) atoms. The maximum atomic E-state index is 13.2. The highest BCUT2D eigenvalue weighted by Crippen LogP contribution is 2.28. The van der Waals surface area contributed by atoms with Gasteiger partial charge in [0.05, 0.1) is 25.9 Å². The number of sulfonamides is 1. The normalized spacial score (nSPS) is 17.6. The number of ether oxygens (including phenoxy) is 3. The van der Waals surface area contributed by atoms with Crippen LogP contribution in [-0.2, 0) is 14.8 Å². The molecule has 0 unspecified atom stereocenters. The predicted octanol–water partition coefficient (Wildman–Crippen LogP) is 4.03. The standard InChI is InChI=1S/C27H30N2O6S/c1-18-12-13-19(2)22(14-18)27(30)29-16-24(34-4)25(17-29)35-21-9-7-8-20(15-21)28-36(31,32)26-11-6-5-10-23(26)33-3/h5-15,24-25,28H,16-17H2,1-4H3/t24-,25-/m1/s1. The zero-order valence-electron chi connectivity index (χ0n) is 20.7. The van der Waals surface area contributed by atoms with E-state index >= 15 is 0 Å². The molecule has 1 amide bonds. The van der Waals surface area contributed by atoms with Crippen molar-refractivity contribution >= 4 is 21.6 Å². The third-order valence-corrected chi connectivity index (χ3v) is 7.58. The molecule has 2 atom stereocenters. The van der Waals surface area contributed by atoms with Gasteiger partial charge in [0.2, 0.25) is 0 Å². The van der Waals surface area contributed by atoms with E-state index in [-0.39, 0.29) is 22.7 Å². The van der Waals surface area contributed by atoms with Gasteiger partial charge in [0.15, 0.2) is 0 Å². The van der Waals surface area contributed by atoms with Crippen LogP contribution >= 0.6 is 0 Å². The minimum absolute atomic E-state index is 0.0367. The molecule has 0 radical (unpaired) electrons. The monoisotopic (exact) mass is 510 g/mol. The van der Waals surface area contributed by atoms with E-state index in [0.717, 1.165) is 11.1 Å². The van der Waals surface area contributed by atoms with E-state index in [1.807, 2.05) is 32.0 Å². The van der Waals surface area contributed by atoms with Crippen LogP contribution in [0.5, 0.6) is 11.5 Å². The summed E-state index contributed by atoms with van der Waals surface area (Å²) in [6.07, 6.45) is -0.738. The summed E-state index contributed by atoms with van der Waals surface area (Å²) in [4.78, 5) is 15.0. The van der Waals surface area contributed by atoms with Crippen LogP contribution in [-0.4, -0.2) is 58.7 Å². The number of benzene rings is 3. The van der Waals surface area contributed by atoms with Crippen molar-refractivity contribution in [1.29, 1.82) is 0 Å². The molecule has 0 aromatic heterocycles. The first-order valence-electron chi connectivity index (χ1n) is 11.5. The van der Waals surface area contributed by atoms with Gasteiger partial charge >= 0.3 is 0 Å². The first kappa shape index (κ1) is 25.5. The zero-order valence-corrected chi connectivity index (χ0v) is 21.5. The lowest BCUT2D eigenvalue weighted by molar-refractivity contribution is 0.0340. The highest BCUT2D eigenvalue weighted by molar-refractivity contribution is 7.92. The number of nitrogens with zero attached hydrogens (tertiary/aromatic N) is 1. The molecule has 0 aliphatic carbocycles. The highest BCUT2D eigenvalue weighted by atomic mass is 32.2.